The normalized spacial score (nSPS) is 20.5. The molecule has 3 rings (SSSR count). The molecule has 3 atom stereocenters. The molecule has 2 aromatic carbocycles. The average Bonchev–Trinajstić information content (AvgIpc) is 2.73. The maximum atomic E-state index is 12.9. The lowest BCUT2D eigenvalue weighted by Crippen LogP contribution is -2.48. The summed E-state index contributed by atoms with van der Waals surface area (Å²) in [7, 11) is -3.65. The summed E-state index contributed by atoms with van der Waals surface area (Å²) in [4.78, 5) is 12.6. The molecule has 0 radical (unpaired) electrons. The molecule has 1 heterocycles. The van der Waals surface area contributed by atoms with Gasteiger partial charge in [0, 0.05) is 18.8 Å². The molecule has 1 aliphatic heterocycles. The third kappa shape index (κ3) is 5.61. The summed E-state index contributed by atoms with van der Waals surface area (Å²) < 4.78 is 38.5. The first-order chi connectivity index (χ1) is 14.7. The van der Waals surface area contributed by atoms with Gasteiger partial charge >= 0.3 is 0 Å². The van der Waals surface area contributed by atoms with Crippen molar-refractivity contribution in [3.63, 3.8) is 0 Å². The van der Waals surface area contributed by atoms with E-state index in [-0.39, 0.29) is 17.1 Å². The fourth-order valence-corrected chi connectivity index (χ4v) is 4.92. The molecule has 8 nitrogen and oxygen atoms in total. The number of anilines is 1. The second kappa shape index (κ2) is 9.47. The van der Waals surface area contributed by atoms with E-state index in [1.54, 1.807) is 43.3 Å². The highest BCUT2D eigenvalue weighted by molar-refractivity contribution is 7.89. The van der Waals surface area contributed by atoms with Gasteiger partial charge in [-0.1, -0.05) is 6.07 Å². The Morgan fingerprint density at radius 1 is 1.19 bits per heavy atom. The molecule has 0 aromatic heterocycles. The van der Waals surface area contributed by atoms with E-state index >= 15 is 0 Å². The third-order valence-electron chi connectivity index (χ3n) is 4.79. The van der Waals surface area contributed by atoms with Crippen LogP contribution in [0.4, 0.5) is 5.69 Å². The Morgan fingerprint density at radius 2 is 1.84 bits per heavy atom. The zero-order valence-electron chi connectivity index (χ0n) is 17.6. The van der Waals surface area contributed by atoms with Crippen LogP contribution in [-0.4, -0.2) is 50.0 Å². The lowest BCUT2D eigenvalue weighted by Gasteiger charge is -2.34. The van der Waals surface area contributed by atoms with Crippen molar-refractivity contribution >= 4 is 21.6 Å². The van der Waals surface area contributed by atoms with Crippen LogP contribution in [0.1, 0.15) is 26.3 Å². The second-order valence-corrected chi connectivity index (χ2v) is 9.43. The molecule has 3 unspecified atom stereocenters. The van der Waals surface area contributed by atoms with Gasteiger partial charge in [0.2, 0.25) is 10.0 Å². The molecule has 2 aromatic rings. The van der Waals surface area contributed by atoms with Crippen LogP contribution >= 0.6 is 0 Å². The lowest BCUT2D eigenvalue weighted by molar-refractivity contribution is -0.122. The molecule has 0 aliphatic carbocycles. The number of amides is 1. The van der Waals surface area contributed by atoms with Crippen LogP contribution in [0.2, 0.25) is 0 Å². The quantitative estimate of drug-likeness (QED) is 0.735. The number of rotatable bonds is 6. The van der Waals surface area contributed by atoms with E-state index in [0.717, 1.165) is 0 Å². The molecule has 1 N–H and O–H groups in total. The Bertz CT molecular complexity index is 1070. The topological polar surface area (TPSA) is 109 Å². The zero-order chi connectivity index (χ0) is 22.6. The van der Waals surface area contributed by atoms with Crippen LogP contribution in [0, 0.1) is 11.3 Å². The Hall–Kier alpha value is -2.93. The maximum Gasteiger partial charge on any atom is 0.265 e. The van der Waals surface area contributed by atoms with Crippen molar-refractivity contribution in [1.82, 2.24) is 4.31 Å². The number of benzene rings is 2. The predicted octanol–water partition coefficient (Wildman–Crippen LogP) is 2.76. The SMILES string of the molecule is CC1CN(S(=O)(=O)c2ccc(NC(=O)C(C)Oc3cccc(C#N)c3)cc2)CC(C)O1. The van der Waals surface area contributed by atoms with Crippen molar-refractivity contribution in [3.8, 4) is 11.8 Å². The monoisotopic (exact) mass is 443 g/mol. The molecule has 31 heavy (non-hydrogen) atoms. The number of nitriles is 1. The highest BCUT2D eigenvalue weighted by atomic mass is 32.2. The Morgan fingerprint density at radius 3 is 2.45 bits per heavy atom. The minimum atomic E-state index is -3.65. The fourth-order valence-electron chi connectivity index (χ4n) is 3.33. The Balaban J connectivity index is 1.64. The summed E-state index contributed by atoms with van der Waals surface area (Å²) in [6.07, 6.45) is -1.16. The summed E-state index contributed by atoms with van der Waals surface area (Å²) in [6, 6.07) is 14.6. The van der Waals surface area contributed by atoms with E-state index in [2.05, 4.69) is 5.32 Å². The number of hydrogen-bond acceptors (Lipinski definition) is 6. The smallest absolute Gasteiger partial charge is 0.265 e. The predicted molar refractivity (Wildman–Crippen MR) is 115 cm³/mol. The molecule has 1 fully saturated rings. The standard InChI is InChI=1S/C22H25N3O5S/c1-15-13-25(14-16(2)29-15)31(27,28)21-9-7-19(8-10-21)24-22(26)17(3)30-20-6-4-5-18(11-20)12-23/h4-11,15-17H,13-14H2,1-3H3,(H,24,26). The van der Waals surface area contributed by atoms with Crippen molar-refractivity contribution in [2.75, 3.05) is 18.4 Å². The van der Waals surface area contributed by atoms with Crippen molar-refractivity contribution in [2.24, 2.45) is 0 Å². The molecule has 0 saturated carbocycles. The van der Waals surface area contributed by atoms with E-state index < -0.39 is 22.0 Å². The Kier molecular flexibility index (Phi) is 6.95. The van der Waals surface area contributed by atoms with Crippen LogP contribution in [0.25, 0.3) is 0 Å². The van der Waals surface area contributed by atoms with Gasteiger partial charge in [0.15, 0.2) is 6.10 Å². The van der Waals surface area contributed by atoms with Gasteiger partial charge in [-0.15, -0.1) is 0 Å². The summed E-state index contributed by atoms with van der Waals surface area (Å²) in [5.74, 6) is 0.0194. The number of carbonyl (C=O) groups excluding carboxylic acids is 1. The van der Waals surface area contributed by atoms with Gasteiger partial charge in [-0.2, -0.15) is 9.57 Å². The molecule has 0 bridgehead atoms. The lowest BCUT2D eigenvalue weighted by atomic mass is 10.2. The number of hydrogen-bond donors (Lipinski definition) is 1. The van der Waals surface area contributed by atoms with Crippen LogP contribution in [0.5, 0.6) is 5.75 Å². The minimum absolute atomic E-state index is 0.157. The molecule has 1 saturated heterocycles. The number of ether oxygens (including phenoxy) is 2. The second-order valence-electron chi connectivity index (χ2n) is 7.49. The highest BCUT2D eigenvalue weighted by Crippen LogP contribution is 2.23. The summed E-state index contributed by atoms with van der Waals surface area (Å²) >= 11 is 0. The number of sulfonamides is 1. The number of nitrogens with zero attached hydrogens (tertiary/aromatic N) is 2. The van der Waals surface area contributed by atoms with Crippen LogP contribution in [0.3, 0.4) is 0 Å². The van der Waals surface area contributed by atoms with Gasteiger partial charge in [0.05, 0.1) is 28.7 Å². The van der Waals surface area contributed by atoms with Gasteiger partial charge in [-0.05, 0) is 63.2 Å². The summed E-state index contributed by atoms with van der Waals surface area (Å²) in [5.41, 5.74) is 0.889. The van der Waals surface area contributed by atoms with Crippen LogP contribution in [0.15, 0.2) is 53.4 Å². The molecule has 164 valence electrons. The van der Waals surface area contributed by atoms with E-state index in [1.165, 1.54) is 16.4 Å². The minimum Gasteiger partial charge on any atom is -0.481 e. The highest BCUT2D eigenvalue weighted by Gasteiger charge is 2.32. The van der Waals surface area contributed by atoms with Crippen molar-refractivity contribution in [1.29, 1.82) is 5.26 Å². The first-order valence-electron chi connectivity index (χ1n) is 9.92. The van der Waals surface area contributed by atoms with E-state index in [0.29, 0.717) is 30.1 Å². The van der Waals surface area contributed by atoms with Gasteiger partial charge in [-0.25, -0.2) is 8.42 Å². The van der Waals surface area contributed by atoms with E-state index in [9.17, 15) is 13.2 Å². The van der Waals surface area contributed by atoms with E-state index in [1.807, 2.05) is 19.9 Å². The maximum absolute atomic E-state index is 12.9. The number of nitrogens with one attached hydrogen (secondary N) is 1. The van der Waals surface area contributed by atoms with Gasteiger partial charge < -0.3 is 14.8 Å². The van der Waals surface area contributed by atoms with Crippen molar-refractivity contribution in [3.05, 3.63) is 54.1 Å². The number of morpholine rings is 1. The first-order valence-corrected chi connectivity index (χ1v) is 11.4. The summed E-state index contributed by atoms with van der Waals surface area (Å²) in [6.45, 7) is 5.88. The molecule has 0 spiro atoms. The van der Waals surface area contributed by atoms with Gasteiger partial charge in [-0.3, -0.25) is 4.79 Å². The largest absolute Gasteiger partial charge is 0.481 e. The Labute approximate surface area is 182 Å². The third-order valence-corrected chi connectivity index (χ3v) is 6.64. The van der Waals surface area contributed by atoms with Crippen molar-refractivity contribution < 1.29 is 22.7 Å². The number of carbonyl (C=O) groups is 1. The molecular weight excluding hydrogens is 418 g/mol. The molecule has 1 amide bonds. The average molecular weight is 444 g/mol. The molecule has 1 aliphatic rings. The van der Waals surface area contributed by atoms with Crippen LogP contribution < -0.4 is 10.1 Å². The summed E-state index contributed by atoms with van der Waals surface area (Å²) in [5, 5.41) is 11.7. The first kappa shape index (κ1) is 22.7. The fraction of sp³-hybridized carbons (Fsp3) is 0.364. The van der Waals surface area contributed by atoms with Crippen LogP contribution in [-0.2, 0) is 19.6 Å². The van der Waals surface area contributed by atoms with Gasteiger partial charge in [0.25, 0.3) is 5.91 Å². The zero-order valence-corrected chi connectivity index (χ0v) is 18.4. The van der Waals surface area contributed by atoms with E-state index in [4.69, 9.17) is 14.7 Å². The van der Waals surface area contributed by atoms with Gasteiger partial charge in [0.1, 0.15) is 5.75 Å². The van der Waals surface area contributed by atoms with Crippen molar-refractivity contribution in [2.45, 2.75) is 44.0 Å². The molecule has 9 heteroatoms. The molecular formula is C22H25N3O5S.